The number of nitrogens with zero attached hydrogens (tertiary/aromatic N) is 2. The van der Waals surface area contributed by atoms with Crippen molar-refractivity contribution in [2.75, 3.05) is 31.6 Å². The van der Waals surface area contributed by atoms with Gasteiger partial charge in [0.25, 0.3) is 5.69 Å². The Labute approximate surface area is 124 Å². The van der Waals surface area contributed by atoms with E-state index in [4.69, 9.17) is 5.11 Å². The minimum atomic E-state index is -0.333. The molecule has 1 heterocycles. The highest BCUT2D eigenvalue weighted by atomic mass is 16.6. The molecule has 1 fully saturated rings. The lowest BCUT2D eigenvalue weighted by Gasteiger charge is -2.16. The lowest BCUT2D eigenvalue weighted by atomic mass is 10.1. The van der Waals surface area contributed by atoms with Crippen molar-refractivity contribution in [2.24, 2.45) is 5.92 Å². The predicted molar refractivity (Wildman–Crippen MR) is 82.3 cm³/mol. The zero-order valence-corrected chi connectivity index (χ0v) is 12.4. The number of nitro benzene ring substituents is 1. The van der Waals surface area contributed by atoms with Crippen molar-refractivity contribution < 1.29 is 10.0 Å². The fourth-order valence-corrected chi connectivity index (χ4v) is 2.90. The number of aliphatic hydroxyl groups excluding tert-OH is 1. The fraction of sp³-hybridized carbons (Fsp3) is 0.600. The lowest BCUT2D eigenvalue weighted by molar-refractivity contribution is -0.384. The van der Waals surface area contributed by atoms with Gasteiger partial charge in [-0.2, -0.15) is 0 Å². The third-order valence-corrected chi connectivity index (χ3v) is 3.94. The minimum absolute atomic E-state index is 0.139. The number of hydrogen-bond donors (Lipinski definition) is 2. The van der Waals surface area contributed by atoms with Gasteiger partial charge in [0.1, 0.15) is 5.69 Å². The first-order chi connectivity index (χ1) is 10.1. The predicted octanol–water partition coefficient (Wildman–Crippen LogP) is 2.23. The van der Waals surface area contributed by atoms with Crippen molar-refractivity contribution in [3.05, 3.63) is 33.9 Å². The van der Waals surface area contributed by atoms with E-state index in [1.54, 1.807) is 12.1 Å². The first kappa shape index (κ1) is 15.7. The SMILES string of the molecule is CCNc1ccc(CN2CCC(CCO)C2)cc1[N+](=O)[O-]. The molecule has 0 saturated carbocycles. The Hall–Kier alpha value is -1.66. The molecule has 0 bridgehead atoms. The molecule has 0 aliphatic carbocycles. The molecule has 21 heavy (non-hydrogen) atoms. The Kier molecular flexibility index (Phi) is 5.52. The highest BCUT2D eigenvalue weighted by Gasteiger charge is 2.23. The van der Waals surface area contributed by atoms with Crippen molar-refractivity contribution in [1.29, 1.82) is 0 Å². The van der Waals surface area contributed by atoms with E-state index in [0.717, 1.165) is 38.0 Å². The largest absolute Gasteiger partial charge is 0.396 e. The molecule has 6 nitrogen and oxygen atoms in total. The highest BCUT2D eigenvalue weighted by Crippen LogP contribution is 2.27. The van der Waals surface area contributed by atoms with Crippen molar-refractivity contribution in [3.63, 3.8) is 0 Å². The van der Waals surface area contributed by atoms with E-state index >= 15 is 0 Å². The summed E-state index contributed by atoms with van der Waals surface area (Å²) in [6.07, 6.45) is 1.94. The fourth-order valence-electron chi connectivity index (χ4n) is 2.90. The molecular formula is C15H23N3O3. The van der Waals surface area contributed by atoms with Gasteiger partial charge in [0.2, 0.25) is 0 Å². The van der Waals surface area contributed by atoms with Crippen molar-refractivity contribution in [1.82, 2.24) is 4.90 Å². The minimum Gasteiger partial charge on any atom is -0.396 e. The number of anilines is 1. The van der Waals surface area contributed by atoms with E-state index in [1.165, 1.54) is 0 Å². The third kappa shape index (κ3) is 4.15. The van der Waals surface area contributed by atoms with Gasteiger partial charge in [-0.05, 0) is 43.9 Å². The summed E-state index contributed by atoms with van der Waals surface area (Å²) in [6.45, 7) is 5.51. The summed E-state index contributed by atoms with van der Waals surface area (Å²) in [7, 11) is 0. The molecule has 1 aliphatic heterocycles. The second-order valence-corrected chi connectivity index (χ2v) is 5.54. The molecule has 1 aliphatic rings. The van der Waals surface area contributed by atoms with Crippen LogP contribution in [0.2, 0.25) is 0 Å². The van der Waals surface area contributed by atoms with Crippen LogP contribution >= 0.6 is 0 Å². The average molecular weight is 293 g/mol. The van der Waals surface area contributed by atoms with Gasteiger partial charge in [-0.15, -0.1) is 0 Å². The van der Waals surface area contributed by atoms with E-state index in [9.17, 15) is 10.1 Å². The van der Waals surface area contributed by atoms with Crippen LogP contribution < -0.4 is 5.32 Å². The molecule has 0 aromatic heterocycles. The van der Waals surface area contributed by atoms with E-state index in [0.29, 0.717) is 18.2 Å². The van der Waals surface area contributed by atoms with E-state index < -0.39 is 0 Å². The summed E-state index contributed by atoms with van der Waals surface area (Å²) >= 11 is 0. The smallest absolute Gasteiger partial charge is 0.292 e. The maximum atomic E-state index is 11.1. The van der Waals surface area contributed by atoms with Crippen molar-refractivity contribution in [3.8, 4) is 0 Å². The van der Waals surface area contributed by atoms with Gasteiger partial charge in [0.05, 0.1) is 4.92 Å². The highest BCUT2D eigenvalue weighted by molar-refractivity contribution is 5.62. The number of nitro groups is 1. The van der Waals surface area contributed by atoms with Crippen LogP contribution in [0, 0.1) is 16.0 Å². The van der Waals surface area contributed by atoms with Crippen LogP contribution in [0.4, 0.5) is 11.4 Å². The van der Waals surface area contributed by atoms with Gasteiger partial charge in [0.15, 0.2) is 0 Å². The second kappa shape index (κ2) is 7.38. The van der Waals surface area contributed by atoms with E-state index in [2.05, 4.69) is 10.2 Å². The van der Waals surface area contributed by atoms with Crippen molar-refractivity contribution in [2.45, 2.75) is 26.3 Å². The van der Waals surface area contributed by atoms with Crippen LogP contribution in [0.15, 0.2) is 18.2 Å². The first-order valence-corrected chi connectivity index (χ1v) is 7.48. The summed E-state index contributed by atoms with van der Waals surface area (Å²) in [5.74, 6) is 0.547. The molecule has 1 unspecified atom stereocenters. The van der Waals surface area contributed by atoms with Gasteiger partial charge in [-0.1, -0.05) is 6.07 Å². The van der Waals surface area contributed by atoms with Crippen LogP contribution in [0.25, 0.3) is 0 Å². The summed E-state index contributed by atoms with van der Waals surface area (Å²) in [6, 6.07) is 5.40. The van der Waals surface area contributed by atoms with Crippen LogP contribution in [0.5, 0.6) is 0 Å². The van der Waals surface area contributed by atoms with Gasteiger partial charge in [0, 0.05) is 32.3 Å². The van der Waals surface area contributed by atoms with Crippen LogP contribution in [-0.4, -0.2) is 41.2 Å². The monoisotopic (exact) mass is 293 g/mol. The molecule has 0 radical (unpaired) electrons. The normalized spacial score (nSPS) is 18.9. The molecule has 0 spiro atoms. The lowest BCUT2D eigenvalue weighted by Crippen LogP contribution is -2.20. The van der Waals surface area contributed by atoms with Gasteiger partial charge in [-0.3, -0.25) is 15.0 Å². The van der Waals surface area contributed by atoms with Gasteiger partial charge >= 0.3 is 0 Å². The Morgan fingerprint density at radius 2 is 2.33 bits per heavy atom. The van der Waals surface area contributed by atoms with Gasteiger partial charge in [-0.25, -0.2) is 0 Å². The molecule has 116 valence electrons. The Morgan fingerprint density at radius 3 is 3.00 bits per heavy atom. The zero-order valence-electron chi connectivity index (χ0n) is 12.4. The molecule has 1 atom stereocenters. The molecule has 0 amide bonds. The Bertz CT molecular complexity index is 493. The summed E-state index contributed by atoms with van der Waals surface area (Å²) in [5, 5.41) is 23.1. The molecular weight excluding hydrogens is 270 g/mol. The Morgan fingerprint density at radius 1 is 1.52 bits per heavy atom. The van der Waals surface area contributed by atoms with Gasteiger partial charge < -0.3 is 10.4 Å². The number of hydrogen-bond acceptors (Lipinski definition) is 5. The molecule has 1 aromatic carbocycles. The maximum Gasteiger partial charge on any atom is 0.292 e. The molecule has 1 aromatic rings. The zero-order chi connectivity index (χ0) is 15.2. The number of nitrogens with one attached hydrogen (secondary N) is 1. The number of aliphatic hydroxyl groups is 1. The van der Waals surface area contributed by atoms with Crippen LogP contribution in [0.1, 0.15) is 25.3 Å². The average Bonchev–Trinajstić information content (AvgIpc) is 2.88. The number of benzene rings is 1. The van der Waals surface area contributed by atoms with Crippen LogP contribution in [0.3, 0.4) is 0 Å². The quantitative estimate of drug-likeness (QED) is 0.595. The van der Waals surface area contributed by atoms with E-state index in [-0.39, 0.29) is 17.2 Å². The molecule has 2 rings (SSSR count). The summed E-state index contributed by atoms with van der Waals surface area (Å²) in [5.41, 5.74) is 1.68. The third-order valence-electron chi connectivity index (χ3n) is 3.94. The molecule has 2 N–H and O–H groups in total. The standard InChI is InChI=1S/C15H23N3O3/c1-2-16-14-4-3-13(9-15(14)18(20)21)11-17-7-5-12(10-17)6-8-19/h3-4,9,12,16,19H,2,5-8,10-11H2,1H3. The first-order valence-electron chi connectivity index (χ1n) is 7.48. The van der Waals surface area contributed by atoms with Crippen LogP contribution in [-0.2, 0) is 6.54 Å². The summed E-state index contributed by atoms with van der Waals surface area (Å²) < 4.78 is 0. The summed E-state index contributed by atoms with van der Waals surface area (Å²) in [4.78, 5) is 13.1. The maximum absolute atomic E-state index is 11.1. The number of likely N-dealkylation sites (tertiary alicyclic amines) is 1. The van der Waals surface area contributed by atoms with Crippen molar-refractivity contribution >= 4 is 11.4 Å². The van der Waals surface area contributed by atoms with E-state index in [1.807, 2.05) is 13.0 Å². The molecule has 1 saturated heterocycles. The topological polar surface area (TPSA) is 78.6 Å². The Balaban J connectivity index is 2.04. The second-order valence-electron chi connectivity index (χ2n) is 5.54. The molecule has 6 heteroatoms. The number of rotatable bonds is 7.